The van der Waals surface area contributed by atoms with E-state index in [0.717, 1.165) is 22.7 Å². The van der Waals surface area contributed by atoms with Gasteiger partial charge in [-0.3, -0.25) is 0 Å². The van der Waals surface area contributed by atoms with E-state index in [4.69, 9.17) is 0 Å². The van der Waals surface area contributed by atoms with E-state index in [1.165, 1.54) is 110 Å². The second-order valence-electron chi connectivity index (χ2n) is 19.6. The topological polar surface area (TPSA) is 8.17 Å². The number of benzene rings is 12. The first-order valence-corrected chi connectivity index (χ1v) is 24.8. The van der Waals surface area contributed by atoms with Crippen LogP contribution in [-0.2, 0) is 5.41 Å². The van der Waals surface area contributed by atoms with Crippen LogP contribution in [0, 0.1) is 0 Å². The summed E-state index contributed by atoms with van der Waals surface area (Å²) in [7, 11) is 0. The van der Waals surface area contributed by atoms with E-state index in [2.05, 4.69) is 278 Å². The molecule has 0 bridgehead atoms. The summed E-state index contributed by atoms with van der Waals surface area (Å²) >= 11 is 0. The SMILES string of the molecule is CC1(C)c2ccccc2-c2ccc(-c3c4ccccc4c(-c4ccc(N(c5ccc(-c6cccc7ccccc67)cc5)c5ccc6c(c5)c5ccccc5n6-c5ccccc5)cc4)c4ccccc34)cc21. The number of para-hydroxylation sites is 2. The Balaban J connectivity index is 0.922. The lowest BCUT2D eigenvalue weighted by molar-refractivity contribution is 0.660. The first-order valence-electron chi connectivity index (χ1n) is 24.8. The number of rotatable bonds is 7. The molecular formula is C69H48N2. The molecule has 0 radical (unpaired) electrons. The van der Waals surface area contributed by atoms with Gasteiger partial charge in [0.05, 0.1) is 11.0 Å². The van der Waals surface area contributed by atoms with Crippen molar-refractivity contribution in [1.29, 1.82) is 0 Å². The van der Waals surface area contributed by atoms with Gasteiger partial charge in [0, 0.05) is 38.9 Å². The zero-order valence-corrected chi connectivity index (χ0v) is 39.6. The Bertz CT molecular complexity index is 4170. The summed E-state index contributed by atoms with van der Waals surface area (Å²) in [4.78, 5) is 2.41. The predicted octanol–water partition coefficient (Wildman–Crippen LogP) is 19.0. The highest BCUT2D eigenvalue weighted by Crippen LogP contribution is 2.52. The molecule has 0 amide bonds. The fourth-order valence-electron chi connectivity index (χ4n) is 12.1. The highest BCUT2D eigenvalue weighted by Gasteiger charge is 2.35. The summed E-state index contributed by atoms with van der Waals surface area (Å²) in [5, 5.41) is 9.95. The zero-order valence-electron chi connectivity index (χ0n) is 39.6. The van der Waals surface area contributed by atoms with Crippen molar-refractivity contribution < 1.29 is 0 Å². The third kappa shape index (κ3) is 6.42. The van der Waals surface area contributed by atoms with Gasteiger partial charge in [-0.15, -0.1) is 0 Å². The Kier molecular flexibility index (Phi) is 9.28. The minimum atomic E-state index is -0.0886. The number of hydrogen-bond acceptors (Lipinski definition) is 1. The Hall–Kier alpha value is -8.98. The zero-order chi connectivity index (χ0) is 47.2. The van der Waals surface area contributed by atoms with E-state index in [-0.39, 0.29) is 5.41 Å². The van der Waals surface area contributed by atoms with Gasteiger partial charge in [-0.05, 0) is 155 Å². The summed E-state index contributed by atoms with van der Waals surface area (Å²) in [5.74, 6) is 0. The molecule has 2 heteroatoms. The third-order valence-electron chi connectivity index (χ3n) is 15.4. The van der Waals surface area contributed by atoms with Crippen LogP contribution in [0.1, 0.15) is 25.0 Å². The quantitative estimate of drug-likeness (QED) is 0.145. The Morgan fingerprint density at radius 3 is 1.51 bits per heavy atom. The lowest BCUT2D eigenvalue weighted by Crippen LogP contribution is -2.14. The molecule has 334 valence electrons. The normalized spacial score (nSPS) is 12.8. The van der Waals surface area contributed by atoms with Gasteiger partial charge in [-0.1, -0.05) is 202 Å². The van der Waals surface area contributed by atoms with E-state index < -0.39 is 0 Å². The highest BCUT2D eigenvalue weighted by molar-refractivity contribution is 6.21. The van der Waals surface area contributed by atoms with Gasteiger partial charge in [-0.25, -0.2) is 0 Å². The third-order valence-corrected chi connectivity index (χ3v) is 15.4. The molecule has 1 heterocycles. The average molecular weight is 905 g/mol. The summed E-state index contributed by atoms with van der Waals surface area (Å²) in [5.41, 5.74) is 19.6. The fraction of sp³-hybridized carbons (Fsp3) is 0.0435. The maximum absolute atomic E-state index is 2.47. The number of anilines is 3. The smallest absolute Gasteiger partial charge is 0.0542 e. The van der Waals surface area contributed by atoms with Crippen LogP contribution in [0.25, 0.3) is 104 Å². The van der Waals surface area contributed by atoms with Crippen molar-refractivity contribution >= 4 is 71.2 Å². The Labute approximate surface area is 414 Å². The number of hydrogen-bond donors (Lipinski definition) is 0. The van der Waals surface area contributed by atoms with Crippen molar-refractivity contribution in [3.63, 3.8) is 0 Å². The van der Waals surface area contributed by atoms with E-state index in [1.807, 2.05) is 0 Å². The van der Waals surface area contributed by atoms with Gasteiger partial charge in [0.1, 0.15) is 0 Å². The van der Waals surface area contributed by atoms with Gasteiger partial charge >= 0.3 is 0 Å². The molecule has 1 aliphatic carbocycles. The van der Waals surface area contributed by atoms with Crippen molar-refractivity contribution in [2.24, 2.45) is 0 Å². The van der Waals surface area contributed by atoms with Crippen LogP contribution in [0.3, 0.4) is 0 Å². The molecule has 14 rings (SSSR count). The predicted molar refractivity (Wildman–Crippen MR) is 302 cm³/mol. The van der Waals surface area contributed by atoms with Crippen LogP contribution >= 0.6 is 0 Å². The molecule has 2 nitrogen and oxygen atoms in total. The van der Waals surface area contributed by atoms with Gasteiger partial charge in [-0.2, -0.15) is 0 Å². The van der Waals surface area contributed by atoms with Crippen molar-refractivity contribution in [2.45, 2.75) is 19.3 Å². The molecule has 0 aliphatic heterocycles. The standard InChI is InChI=1S/C69H48N2/c1-69(2)63-29-14-12-22-55(63)56-41-35-48(43-64(56)69)68-60-26-10-8-24-58(60)67(59-25-9-11-27-61(59)68)47-33-38-51(39-34-47)70(50-36-31-46(32-37-50)54-28-16-18-45-17-6-7-21-53(45)54)52-40-42-66-62(44-52)57-23-13-15-30-65(57)71(66)49-19-4-3-5-20-49/h3-44H,1-2H3. The molecule has 0 spiro atoms. The lowest BCUT2D eigenvalue weighted by Gasteiger charge is -2.26. The Morgan fingerprint density at radius 2 is 0.803 bits per heavy atom. The summed E-state index contributed by atoms with van der Waals surface area (Å²) in [6.07, 6.45) is 0. The second kappa shape index (κ2) is 16.1. The molecule has 1 aliphatic rings. The number of fused-ring (bicyclic) bond motifs is 9. The van der Waals surface area contributed by atoms with E-state index in [0.29, 0.717) is 0 Å². The van der Waals surface area contributed by atoms with Crippen molar-refractivity contribution in [3.05, 3.63) is 266 Å². The maximum Gasteiger partial charge on any atom is 0.0542 e. The minimum Gasteiger partial charge on any atom is -0.310 e. The van der Waals surface area contributed by atoms with E-state index in [9.17, 15) is 0 Å². The fourth-order valence-corrected chi connectivity index (χ4v) is 12.1. The number of aromatic nitrogens is 1. The number of nitrogens with zero attached hydrogens (tertiary/aromatic N) is 2. The largest absolute Gasteiger partial charge is 0.310 e. The van der Waals surface area contributed by atoms with Crippen LogP contribution in [0.15, 0.2) is 255 Å². The van der Waals surface area contributed by atoms with Crippen LogP contribution < -0.4 is 4.90 Å². The molecule has 0 saturated carbocycles. The molecular weight excluding hydrogens is 857 g/mol. The molecule has 0 atom stereocenters. The first-order chi connectivity index (χ1) is 35.0. The maximum atomic E-state index is 2.47. The van der Waals surface area contributed by atoms with Gasteiger partial charge in [0.15, 0.2) is 0 Å². The molecule has 0 unspecified atom stereocenters. The molecule has 0 saturated heterocycles. The molecule has 12 aromatic carbocycles. The van der Waals surface area contributed by atoms with Crippen LogP contribution in [0.5, 0.6) is 0 Å². The summed E-state index contributed by atoms with van der Waals surface area (Å²) in [6, 6.07) is 94.2. The van der Waals surface area contributed by atoms with Crippen LogP contribution in [0.2, 0.25) is 0 Å². The Morgan fingerprint density at radius 1 is 0.310 bits per heavy atom. The monoisotopic (exact) mass is 904 g/mol. The van der Waals surface area contributed by atoms with Gasteiger partial charge in [0.2, 0.25) is 0 Å². The van der Waals surface area contributed by atoms with Crippen molar-refractivity contribution in [2.75, 3.05) is 4.90 Å². The lowest BCUT2D eigenvalue weighted by atomic mass is 9.80. The highest BCUT2D eigenvalue weighted by atomic mass is 15.1. The summed E-state index contributed by atoms with van der Waals surface area (Å²) in [6.45, 7) is 4.74. The minimum absolute atomic E-state index is 0.0886. The molecule has 1 aromatic heterocycles. The van der Waals surface area contributed by atoms with Crippen molar-refractivity contribution in [3.8, 4) is 50.2 Å². The van der Waals surface area contributed by atoms with Crippen molar-refractivity contribution in [1.82, 2.24) is 4.57 Å². The van der Waals surface area contributed by atoms with Crippen LogP contribution in [-0.4, -0.2) is 4.57 Å². The molecule has 0 N–H and O–H groups in total. The average Bonchev–Trinajstić information content (AvgIpc) is 3.88. The molecule has 13 aromatic rings. The second-order valence-corrected chi connectivity index (χ2v) is 19.6. The van der Waals surface area contributed by atoms with Gasteiger partial charge < -0.3 is 9.47 Å². The molecule has 0 fully saturated rings. The van der Waals surface area contributed by atoms with Crippen LogP contribution in [0.4, 0.5) is 17.1 Å². The first kappa shape index (κ1) is 41.0. The molecule has 71 heavy (non-hydrogen) atoms. The van der Waals surface area contributed by atoms with Gasteiger partial charge in [0.25, 0.3) is 0 Å². The van der Waals surface area contributed by atoms with E-state index in [1.54, 1.807) is 0 Å². The van der Waals surface area contributed by atoms with E-state index >= 15 is 0 Å². The summed E-state index contributed by atoms with van der Waals surface area (Å²) < 4.78 is 2.39.